The molecule has 0 aliphatic heterocycles. The van der Waals surface area contributed by atoms with E-state index >= 15 is 4.39 Å². The smallest absolute Gasteiger partial charge is 0.273 e. The number of aryl methyl sites for hydroxylation is 1. The lowest BCUT2D eigenvalue weighted by Crippen LogP contribution is -2.31. The van der Waals surface area contributed by atoms with Crippen LogP contribution in [0.2, 0.25) is 0 Å². The van der Waals surface area contributed by atoms with E-state index in [4.69, 9.17) is 15.2 Å². The Hall–Kier alpha value is -5.20. The molecule has 0 aliphatic rings. The Kier molecular flexibility index (Phi) is 9.99. The number of benzene rings is 3. The highest BCUT2D eigenvalue weighted by molar-refractivity contribution is 6.12. The van der Waals surface area contributed by atoms with Gasteiger partial charge in [-0.2, -0.15) is 14.4 Å². The number of methoxy groups -OCH3 is 1. The van der Waals surface area contributed by atoms with Crippen LogP contribution in [-0.4, -0.2) is 34.9 Å². The van der Waals surface area contributed by atoms with Crippen molar-refractivity contribution in [2.24, 2.45) is 0 Å². The Morgan fingerprint density at radius 2 is 1.66 bits per heavy atom. The van der Waals surface area contributed by atoms with Crippen molar-refractivity contribution in [1.82, 2.24) is 15.3 Å². The average Bonchev–Trinajstić information content (AvgIpc) is 2.98. The molecule has 3 N–H and O–H groups in total. The number of nitrogen functional groups attached to an aromatic ring is 1. The molecule has 4 rings (SSSR count). The fourth-order valence-electron chi connectivity index (χ4n) is 4.23. The molecule has 1 aromatic heterocycles. The normalized spacial score (nSPS) is 11.5. The molecule has 0 saturated heterocycles. The lowest BCUT2D eigenvalue weighted by Gasteiger charge is -2.25. The highest BCUT2D eigenvalue weighted by Crippen LogP contribution is 2.38. The van der Waals surface area contributed by atoms with E-state index in [1.807, 2.05) is 13.8 Å². The zero-order valence-electron chi connectivity index (χ0n) is 24.0. The van der Waals surface area contributed by atoms with Gasteiger partial charge in [0, 0.05) is 30.3 Å². The topological polar surface area (TPSA) is 120 Å². The fraction of sp³-hybridized carbons (Fsp3) is 0.226. The van der Waals surface area contributed by atoms with Crippen LogP contribution in [0.25, 0.3) is 0 Å². The minimum absolute atomic E-state index is 0.0164. The molecule has 3 aromatic carbocycles. The van der Waals surface area contributed by atoms with Crippen molar-refractivity contribution in [1.29, 1.82) is 0 Å². The Morgan fingerprint density at radius 1 is 0.977 bits per heavy atom. The number of ether oxygens (including phenoxy) is 2. The number of para-hydroxylation sites is 1. The van der Waals surface area contributed by atoms with Gasteiger partial charge in [-0.05, 0) is 49.6 Å². The number of aromatic nitrogens is 2. The van der Waals surface area contributed by atoms with Gasteiger partial charge < -0.3 is 20.5 Å². The maximum atomic E-state index is 15.4. The Balaban J connectivity index is 1.73. The summed E-state index contributed by atoms with van der Waals surface area (Å²) in [6.07, 6.45) is 1.38. The fourth-order valence-corrected chi connectivity index (χ4v) is 4.23. The van der Waals surface area contributed by atoms with Gasteiger partial charge in [-0.3, -0.25) is 14.5 Å². The van der Waals surface area contributed by atoms with Gasteiger partial charge in [-0.15, -0.1) is 0 Å². The molecule has 0 unspecified atom stereocenters. The molecule has 13 heteroatoms. The van der Waals surface area contributed by atoms with Crippen molar-refractivity contribution in [2.75, 3.05) is 17.7 Å². The van der Waals surface area contributed by atoms with Crippen molar-refractivity contribution >= 4 is 29.1 Å². The molecule has 1 heterocycles. The number of amides is 2. The third-order valence-corrected chi connectivity index (χ3v) is 6.58. The van der Waals surface area contributed by atoms with Gasteiger partial charge in [0.25, 0.3) is 5.91 Å². The van der Waals surface area contributed by atoms with Gasteiger partial charge in [0.05, 0.1) is 7.11 Å². The van der Waals surface area contributed by atoms with Crippen LogP contribution in [-0.2, 0) is 11.2 Å². The predicted molar refractivity (Wildman–Crippen MR) is 155 cm³/mol. The SMILES string of the molecule is CC[C@@H](C)NC(=O)CCc1ccc(Oc2nc(N)nc(F)c2C(=O)N(c2ccccc2)c2c(F)cc(F)cc2F)c(OC)c1. The third kappa shape index (κ3) is 7.22. The summed E-state index contributed by atoms with van der Waals surface area (Å²) >= 11 is 0. The first-order valence-corrected chi connectivity index (χ1v) is 13.5. The summed E-state index contributed by atoms with van der Waals surface area (Å²) in [6.45, 7) is 3.86. The number of hydrogen-bond donors (Lipinski definition) is 2. The first-order chi connectivity index (χ1) is 21.0. The zero-order chi connectivity index (χ0) is 32.0. The molecule has 230 valence electrons. The van der Waals surface area contributed by atoms with Crippen LogP contribution in [0.15, 0.2) is 60.7 Å². The molecule has 9 nitrogen and oxygen atoms in total. The summed E-state index contributed by atoms with van der Waals surface area (Å²) in [4.78, 5) is 33.9. The van der Waals surface area contributed by atoms with Crippen molar-refractivity contribution in [3.63, 3.8) is 0 Å². The van der Waals surface area contributed by atoms with Crippen molar-refractivity contribution in [3.8, 4) is 17.4 Å². The van der Waals surface area contributed by atoms with Crippen molar-refractivity contribution < 1.29 is 36.6 Å². The largest absolute Gasteiger partial charge is 0.493 e. The number of carbonyl (C=O) groups excluding carboxylic acids is 2. The second-order valence-electron chi connectivity index (χ2n) is 9.71. The van der Waals surface area contributed by atoms with Crippen LogP contribution in [0, 0.1) is 23.4 Å². The molecule has 0 spiro atoms. The second kappa shape index (κ2) is 13.8. The minimum Gasteiger partial charge on any atom is -0.493 e. The second-order valence-corrected chi connectivity index (χ2v) is 9.71. The molecular formula is C31H29F4N5O4. The molecule has 0 fully saturated rings. The number of nitrogens with two attached hydrogens (primary N) is 1. The lowest BCUT2D eigenvalue weighted by atomic mass is 10.1. The van der Waals surface area contributed by atoms with Gasteiger partial charge in [0.15, 0.2) is 28.7 Å². The van der Waals surface area contributed by atoms with Crippen molar-refractivity contribution in [3.05, 3.63) is 95.2 Å². The van der Waals surface area contributed by atoms with Crippen LogP contribution < -0.4 is 25.4 Å². The van der Waals surface area contributed by atoms with Crippen LogP contribution in [0.3, 0.4) is 0 Å². The molecule has 0 saturated carbocycles. The number of rotatable bonds is 11. The minimum atomic E-state index is -1.44. The molecule has 0 bridgehead atoms. The summed E-state index contributed by atoms with van der Waals surface area (Å²) < 4.78 is 70.3. The van der Waals surface area contributed by atoms with Crippen LogP contribution >= 0.6 is 0 Å². The van der Waals surface area contributed by atoms with Gasteiger partial charge >= 0.3 is 0 Å². The number of hydrogen-bond acceptors (Lipinski definition) is 7. The Morgan fingerprint density at radius 3 is 2.30 bits per heavy atom. The van der Waals surface area contributed by atoms with E-state index in [9.17, 15) is 22.8 Å². The van der Waals surface area contributed by atoms with E-state index < -0.39 is 52.4 Å². The van der Waals surface area contributed by atoms with E-state index in [0.717, 1.165) is 12.0 Å². The number of carbonyl (C=O) groups is 2. The molecule has 1 atom stereocenters. The Labute approximate surface area is 250 Å². The molecular weight excluding hydrogens is 582 g/mol. The molecule has 44 heavy (non-hydrogen) atoms. The number of halogens is 4. The summed E-state index contributed by atoms with van der Waals surface area (Å²) in [5, 5.41) is 2.88. The van der Waals surface area contributed by atoms with Crippen LogP contribution in [0.5, 0.6) is 17.4 Å². The monoisotopic (exact) mass is 611 g/mol. The van der Waals surface area contributed by atoms with Gasteiger partial charge in [0.1, 0.15) is 11.5 Å². The standard InChI is InChI=1S/C31H29F4N5O4/c1-4-17(2)37-25(41)13-11-18-10-12-23(24(14-18)43-3)44-29-26(28(35)38-31(36)39-29)30(42)40(20-8-6-5-7-9-20)27-21(33)15-19(32)16-22(27)34/h5-10,12,14-17H,4,11,13H2,1-3H3,(H,37,41)(H2,36,38,39)/t17-/m1/s1. The van der Waals surface area contributed by atoms with Crippen LogP contribution in [0.4, 0.5) is 34.9 Å². The van der Waals surface area contributed by atoms with E-state index in [1.165, 1.54) is 37.4 Å². The maximum Gasteiger partial charge on any atom is 0.273 e. The predicted octanol–water partition coefficient (Wildman–Crippen LogP) is 6.24. The number of anilines is 3. The first kappa shape index (κ1) is 31.7. The maximum absolute atomic E-state index is 15.4. The number of nitrogens with one attached hydrogen (secondary N) is 1. The van der Waals surface area contributed by atoms with E-state index in [0.29, 0.717) is 23.5 Å². The quantitative estimate of drug-likeness (QED) is 0.152. The van der Waals surface area contributed by atoms with Gasteiger partial charge in [0.2, 0.25) is 23.7 Å². The summed E-state index contributed by atoms with van der Waals surface area (Å²) in [5.41, 5.74) is 4.41. The Bertz CT molecular complexity index is 1650. The number of nitrogens with zero attached hydrogens (tertiary/aromatic N) is 3. The zero-order valence-corrected chi connectivity index (χ0v) is 24.0. The van der Waals surface area contributed by atoms with E-state index in [1.54, 1.807) is 18.2 Å². The summed E-state index contributed by atoms with van der Waals surface area (Å²) in [7, 11) is 1.35. The first-order valence-electron chi connectivity index (χ1n) is 13.5. The van der Waals surface area contributed by atoms with E-state index in [-0.39, 0.29) is 35.6 Å². The molecule has 0 radical (unpaired) electrons. The van der Waals surface area contributed by atoms with Gasteiger partial charge in [-0.1, -0.05) is 31.2 Å². The molecule has 4 aromatic rings. The lowest BCUT2D eigenvalue weighted by molar-refractivity contribution is -0.121. The van der Waals surface area contributed by atoms with E-state index in [2.05, 4.69) is 15.3 Å². The highest BCUT2D eigenvalue weighted by atomic mass is 19.1. The van der Waals surface area contributed by atoms with Gasteiger partial charge in [-0.25, -0.2) is 13.2 Å². The highest BCUT2D eigenvalue weighted by Gasteiger charge is 2.33. The van der Waals surface area contributed by atoms with Crippen LogP contribution in [0.1, 0.15) is 42.6 Å². The summed E-state index contributed by atoms with van der Waals surface area (Å²) in [5.74, 6) is -8.10. The molecule has 2 amide bonds. The third-order valence-electron chi connectivity index (χ3n) is 6.58. The molecule has 0 aliphatic carbocycles. The summed E-state index contributed by atoms with van der Waals surface area (Å²) in [6, 6.07) is 12.7. The average molecular weight is 612 g/mol. The van der Waals surface area contributed by atoms with Crippen molar-refractivity contribution in [2.45, 2.75) is 39.2 Å².